The second-order valence-electron chi connectivity index (χ2n) is 4.94. The molecular weight excluding hydrogens is 466 g/mol. The molecule has 0 fully saturated rings. The fourth-order valence-electron chi connectivity index (χ4n) is 1.79. The molecule has 0 radical (unpaired) electrons. The zero-order chi connectivity index (χ0) is 19.3. The number of hydrogen-bond donors (Lipinski definition) is 3. The van der Waals surface area contributed by atoms with Crippen molar-refractivity contribution in [3.05, 3.63) is 52.0 Å². The third-order valence-electron chi connectivity index (χ3n) is 2.95. The van der Waals surface area contributed by atoms with E-state index in [2.05, 4.69) is 26.6 Å². The zero-order valence-electron chi connectivity index (χ0n) is 13.0. The first-order valence-electron chi connectivity index (χ1n) is 6.97. The normalized spacial score (nSPS) is 10.9. The van der Waals surface area contributed by atoms with Crippen LogP contribution in [0.15, 0.2) is 51.8 Å². The molecule has 0 heterocycles. The number of anilines is 1. The number of benzene rings is 2. The Kier molecular flexibility index (Phi) is 6.95. The van der Waals surface area contributed by atoms with E-state index in [1.807, 2.05) is 0 Å². The van der Waals surface area contributed by atoms with E-state index in [0.717, 1.165) is 4.47 Å². The number of thiocarbonyl (C=S) groups is 1. The van der Waals surface area contributed by atoms with Crippen LogP contribution in [0.2, 0.25) is 5.02 Å². The second kappa shape index (κ2) is 8.78. The van der Waals surface area contributed by atoms with Crippen LogP contribution in [0.25, 0.3) is 0 Å². The summed E-state index contributed by atoms with van der Waals surface area (Å²) in [6, 6.07) is 10.6. The molecule has 0 aliphatic carbocycles. The summed E-state index contributed by atoms with van der Waals surface area (Å²) in [5.41, 5.74) is 0.486. The Morgan fingerprint density at radius 1 is 1.23 bits per heavy atom. The van der Waals surface area contributed by atoms with E-state index in [4.69, 9.17) is 33.7 Å². The molecule has 0 saturated heterocycles. The van der Waals surface area contributed by atoms with Crippen molar-refractivity contribution >= 4 is 66.5 Å². The molecule has 0 atom stereocenters. The quantitative estimate of drug-likeness (QED) is 0.570. The molecule has 0 bridgehead atoms. The summed E-state index contributed by atoms with van der Waals surface area (Å²) in [7, 11) is -3.77. The van der Waals surface area contributed by atoms with Crippen molar-refractivity contribution in [1.29, 1.82) is 0 Å². The van der Waals surface area contributed by atoms with Crippen LogP contribution in [-0.4, -0.2) is 26.0 Å². The highest BCUT2D eigenvalue weighted by Gasteiger charge is 2.10. The summed E-state index contributed by atoms with van der Waals surface area (Å²) in [6.07, 6.45) is 0. The third-order valence-corrected chi connectivity index (χ3v) is 4.87. The predicted octanol–water partition coefficient (Wildman–Crippen LogP) is 2.64. The molecule has 11 heteroatoms. The predicted molar refractivity (Wildman–Crippen MR) is 107 cm³/mol. The Morgan fingerprint density at radius 3 is 2.46 bits per heavy atom. The number of nitrogens with one attached hydrogen (secondary N) is 2. The van der Waals surface area contributed by atoms with E-state index in [0.29, 0.717) is 16.5 Å². The highest BCUT2D eigenvalue weighted by atomic mass is 79.9. The molecule has 0 saturated carbocycles. The fraction of sp³-hybridized carbons (Fsp3) is 0.0667. The van der Waals surface area contributed by atoms with E-state index in [9.17, 15) is 13.2 Å². The molecule has 2 aromatic rings. The molecular formula is C15H13BrClN3O4S2. The minimum Gasteiger partial charge on any atom is -0.482 e. The number of rotatable bonds is 5. The van der Waals surface area contributed by atoms with Crippen LogP contribution < -0.4 is 20.5 Å². The summed E-state index contributed by atoms with van der Waals surface area (Å²) in [5, 5.41) is 10.6. The van der Waals surface area contributed by atoms with Gasteiger partial charge in [-0.25, -0.2) is 13.6 Å². The summed E-state index contributed by atoms with van der Waals surface area (Å²) >= 11 is 14.3. The van der Waals surface area contributed by atoms with Gasteiger partial charge < -0.3 is 10.1 Å². The Hall–Kier alpha value is -1.72. The summed E-state index contributed by atoms with van der Waals surface area (Å²) in [4.78, 5) is 11.8. The Bertz CT molecular complexity index is 936. The van der Waals surface area contributed by atoms with Crippen molar-refractivity contribution in [2.45, 2.75) is 4.90 Å². The van der Waals surface area contributed by atoms with E-state index in [1.54, 1.807) is 18.2 Å². The molecule has 1 amide bonds. The molecule has 0 spiro atoms. The zero-order valence-corrected chi connectivity index (χ0v) is 17.0. The van der Waals surface area contributed by atoms with Crippen molar-refractivity contribution in [3.63, 3.8) is 0 Å². The standard InChI is InChI=1S/C15H13BrClN3O4S2/c16-9-1-6-13(12(17)7-9)24-8-14(21)20-15(25)19-10-2-4-11(5-3-10)26(18,22)23/h1-7H,8H2,(H2,18,22,23)(H2,19,20,21,25). The van der Waals surface area contributed by atoms with Gasteiger partial charge in [-0.1, -0.05) is 27.5 Å². The molecule has 4 N–H and O–H groups in total. The van der Waals surface area contributed by atoms with Crippen LogP contribution in [0, 0.1) is 0 Å². The lowest BCUT2D eigenvalue weighted by Gasteiger charge is -2.11. The van der Waals surface area contributed by atoms with Crippen LogP contribution in [0.3, 0.4) is 0 Å². The number of carbonyl (C=O) groups is 1. The lowest BCUT2D eigenvalue weighted by molar-refractivity contribution is -0.121. The fourth-order valence-corrected chi connectivity index (χ4v) is 3.26. The van der Waals surface area contributed by atoms with E-state index in [1.165, 1.54) is 24.3 Å². The van der Waals surface area contributed by atoms with Gasteiger partial charge in [0.05, 0.1) is 9.92 Å². The maximum Gasteiger partial charge on any atom is 0.264 e. The first-order chi connectivity index (χ1) is 12.1. The van der Waals surface area contributed by atoms with Gasteiger partial charge in [0.2, 0.25) is 10.0 Å². The molecule has 26 heavy (non-hydrogen) atoms. The number of nitrogens with two attached hydrogens (primary N) is 1. The van der Waals surface area contributed by atoms with Crippen molar-refractivity contribution in [3.8, 4) is 5.75 Å². The van der Waals surface area contributed by atoms with Crippen LogP contribution in [0.1, 0.15) is 0 Å². The van der Waals surface area contributed by atoms with Gasteiger partial charge in [0.1, 0.15) is 5.75 Å². The number of hydrogen-bond acceptors (Lipinski definition) is 5. The van der Waals surface area contributed by atoms with Crippen molar-refractivity contribution in [2.75, 3.05) is 11.9 Å². The van der Waals surface area contributed by atoms with Crippen LogP contribution >= 0.6 is 39.7 Å². The number of primary sulfonamides is 1. The van der Waals surface area contributed by atoms with Gasteiger partial charge in [-0.05, 0) is 54.7 Å². The molecule has 0 aromatic heterocycles. The molecule has 2 aromatic carbocycles. The van der Waals surface area contributed by atoms with Gasteiger partial charge in [0.15, 0.2) is 11.7 Å². The molecule has 7 nitrogen and oxygen atoms in total. The SMILES string of the molecule is NS(=O)(=O)c1ccc(NC(=S)NC(=O)COc2ccc(Br)cc2Cl)cc1. The minimum atomic E-state index is -3.77. The van der Waals surface area contributed by atoms with Gasteiger partial charge in [-0.15, -0.1) is 0 Å². The number of sulfonamides is 1. The highest BCUT2D eigenvalue weighted by molar-refractivity contribution is 9.10. The lowest BCUT2D eigenvalue weighted by atomic mass is 10.3. The number of ether oxygens (including phenoxy) is 1. The minimum absolute atomic E-state index is 0.0298. The van der Waals surface area contributed by atoms with Crippen molar-refractivity contribution in [2.24, 2.45) is 5.14 Å². The first-order valence-corrected chi connectivity index (χ1v) is 10.1. The monoisotopic (exact) mass is 477 g/mol. The van der Waals surface area contributed by atoms with E-state index in [-0.39, 0.29) is 16.6 Å². The van der Waals surface area contributed by atoms with Gasteiger partial charge in [-0.2, -0.15) is 0 Å². The van der Waals surface area contributed by atoms with E-state index < -0.39 is 15.9 Å². The molecule has 2 rings (SSSR count). The average Bonchev–Trinajstić information content (AvgIpc) is 2.53. The molecule has 0 aliphatic heterocycles. The summed E-state index contributed by atoms with van der Waals surface area (Å²) in [6.45, 7) is -0.284. The Balaban J connectivity index is 1.86. The Morgan fingerprint density at radius 2 is 1.88 bits per heavy atom. The third kappa shape index (κ3) is 6.22. The van der Waals surface area contributed by atoms with Gasteiger partial charge >= 0.3 is 0 Å². The second-order valence-corrected chi connectivity index (χ2v) is 8.23. The largest absolute Gasteiger partial charge is 0.482 e. The number of amides is 1. The Labute approximate surface area is 169 Å². The maximum absolute atomic E-state index is 11.9. The maximum atomic E-state index is 11.9. The average molecular weight is 479 g/mol. The summed E-state index contributed by atoms with van der Waals surface area (Å²) in [5.74, 6) is -0.120. The van der Waals surface area contributed by atoms with Crippen molar-refractivity contribution in [1.82, 2.24) is 5.32 Å². The van der Waals surface area contributed by atoms with Crippen LogP contribution in [0.5, 0.6) is 5.75 Å². The van der Waals surface area contributed by atoms with Crippen LogP contribution in [-0.2, 0) is 14.8 Å². The highest BCUT2D eigenvalue weighted by Crippen LogP contribution is 2.27. The topological polar surface area (TPSA) is 111 Å². The molecule has 0 unspecified atom stereocenters. The number of halogens is 2. The number of carbonyl (C=O) groups excluding carboxylic acids is 1. The van der Waals surface area contributed by atoms with Gasteiger partial charge in [0.25, 0.3) is 5.91 Å². The van der Waals surface area contributed by atoms with Gasteiger partial charge in [-0.3, -0.25) is 10.1 Å². The van der Waals surface area contributed by atoms with Crippen molar-refractivity contribution < 1.29 is 17.9 Å². The molecule has 0 aliphatic rings. The van der Waals surface area contributed by atoms with Crippen LogP contribution in [0.4, 0.5) is 5.69 Å². The van der Waals surface area contributed by atoms with Gasteiger partial charge in [0, 0.05) is 10.2 Å². The lowest BCUT2D eigenvalue weighted by Crippen LogP contribution is -2.37. The molecule has 138 valence electrons. The first kappa shape index (κ1) is 20.6. The smallest absolute Gasteiger partial charge is 0.264 e. The van der Waals surface area contributed by atoms with E-state index >= 15 is 0 Å². The summed E-state index contributed by atoms with van der Waals surface area (Å²) < 4.78 is 28.5.